The Morgan fingerprint density at radius 1 is 1.43 bits per heavy atom. The molecule has 1 aromatic carbocycles. The van der Waals surface area contributed by atoms with Gasteiger partial charge in [0.25, 0.3) is 0 Å². The molecule has 1 atom stereocenters. The van der Waals surface area contributed by atoms with Crippen molar-refractivity contribution >= 4 is 24.0 Å². The van der Waals surface area contributed by atoms with Crippen LogP contribution in [-0.4, -0.2) is 12.5 Å². The Balaban J connectivity index is 0.000000980. The molecule has 0 fully saturated rings. The number of para-hydroxylation sites is 1. The van der Waals surface area contributed by atoms with Crippen LogP contribution in [0.25, 0.3) is 0 Å². The lowest BCUT2D eigenvalue weighted by Crippen LogP contribution is -2.31. The van der Waals surface area contributed by atoms with E-state index in [9.17, 15) is 4.79 Å². The first kappa shape index (κ1) is 11.0. The summed E-state index contributed by atoms with van der Waals surface area (Å²) in [5.74, 6) is 0.00343. The predicted octanol–water partition coefficient (Wildman–Crippen LogP) is 1.47. The van der Waals surface area contributed by atoms with Crippen LogP contribution in [-0.2, 0) is 4.79 Å². The van der Waals surface area contributed by atoms with Crippen LogP contribution in [0.3, 0.4) is 0 Å². The third-order valence-electron chi connectivity index (χ3n) is 2.41. The zero-order chi connectivity index (χ0) is 9.42. The van der Waals surface area contributed by atoms with Crippen molar-refractivity contribution < 1.29 is 4.79 Å². The standard InChI is InChI=1S/C10H12N2O.ClH/c1-2-12-8-6-4-3-5-7(8)9(11)10(12)13;/h3-6,9H,2,11H2,1H3;1H. The maximum Gasteiger partial charge on any atom is 0.248 e. The molecule has 1 heterocycles. The topological polar surface area (TPSA) is 46.3 Å². The maximum absolute atomic E-state index is 11.6. The molecule has 14 heavy (non-hydrogen) atoms. The van der Waals surface area contributed by atoms with E-state index in [1.165, 1.54) is 0 Å². The number of hydrogen-bond donors (Lipinski definition) is 1. The van der Waals surface area contributed by atoms with Gasteiger partial charge < -0.3 is 10.6 Å². The monoisotopic (exact) mass is 212 g/mol. The van der Waals surface area contributed by atoms with E-state index >= 15 is 0 Å². The maximum atomic E-state index is 11.6. The fraction of sp³-hybridized carbons (Fsp3) is 0.300. The number of nitrogens with two attached hydrogens (primary N) is 1. The minimum atomic E-state index is -0.462. The Morgan fingerprint density at radius 2 is 2.07 bits per heavy atom. The van der Waals surface area contributed by atoms with Crippen LogP contribution in [0.1, 0.15) is 18.5 Å². The van der Waals surface area contributed by atoms with E-state index in [0.717, 1.165) is 11.3 Å². The van der Waals surface area contributed by atoms with Crippen molar-refractivity contribution in [2.75, 3.05) is 11.4 Å². The van der Waals surface area contributed by atoms with Gasteiger partial charge in [0, 0.05) is 17.8 Å². The molecule has 0 radical (unpaired) electrons. The lowest BCUT2D eigenvalue weighted by atomic mass is 10.1. The molecule has 2 rings (SSSR count). The van der Waals surface area contributed by atoms with Gasteiger partial charge in [0.15, 0.2) is 0 Å². The van der Waals surface area contributed by atoms with Gasteiger partial charge >= 0.3 is 0 Å². The zero-order valence-corrected chi connectivity index (χ0v) is 8.75. The largest absolute Gasteiger partial charge is 0.316 e. The van der Waals surface area contributed by atoms with Gasteiger partial charge in [-0.3, -0.25) is 4.79 Å². The van der Waals surface area contributed by atoms with Crippen molar-refractivity contribution in [3.8, 4) is 0 Å². The van der Waals surface area contributed by atoms with Gasteiger partial charge in [-0.15, -0.1) is 12.4 Å². The van der Waals surface area contributed by atoms with E-state index < -0.39 is 6.04 Å². The summed E-state index contributed by atoms with van der Waals surface area (Å²) in [4.78, 5) is 13.3. The Hall–Kier alpha value is -1.06. The summed E-state index contributed by atoms with van der Waals surface area (Å²) >= 11 is 0. The van der Waals surface area contributed by atoms with Crippen molar-refractivity contribution in [2.24, 2.45) is 5.73 Å². The van der Waals surface area contributed by atoms with Gasteiger partial charge in [0.05, 0.1) is 0 Å². The van der Waals surface area contributed by atoms with Crippen LogP contribution < -0.4 is 10.6 Å². The normalized spacial score (nSPS) is 19.1. The van der Waals surface area contributed by atoms with E-state index in [-0.39, 0.29) is 18.3 Å². The molecular formula is C10H13ClN2O. The Kier molecular flexibility index (Phi) is 3.13. The quantitative estimate of drug-likeness (QED) is 0.767. The van der Waals surface area contributed by atoms with Crippen LogP contribution in [0.2, 0.25) is 0 Å². The molecule has 1 unspecified atom stereocenters. The average molecular weight is 213 g/mol. The number of rotatable bonds is 1. The molecule has 2 N–H and O–H groups in total. The third-order valence-corrected chi connectivity index (χ3v) is 2.41. The highest BCUT2D eigenvalue weighted by atomic mass is 35.5. The van der Waals surface area contributed by atoms with Crippen molar-refractivity contribution in [2.45, 2.75) is 13.0 Å². The molecule has 0 aliphatic carbocycles. The number of fused-ring (bicyclic) bond motifs is 1. The molecule has 0 bridgehead atoms. The van der Waals surface area contributed by atoms with Crippen molar-refractivity contribution in [1.82, 2.24) is 0 Å². The number of amides is 1. The van der Waals surface area contributed by atoms with E-state index in [1.54, 1.807) is 4.90 Å². The molecule has 4 heteroatoms. The molecule has 0 saturated heterocycles. The Bertz CT molecular complexity index is 354. The molecule has 1 aliphatic heterocycles. The number of anilines is 1. The molecule has 1 aromatic rings. The molecular weight excluding hydrogens is 200 g/mol. The van der Waals surface area contributed by atoms with Crippen molar-refractivity contribution in [3.05, 3.63) is 29.8 Å². The number of benzene rings is 1. The summed E-state index contributed by atoms with van der Waals surface area (Å²) in [5.41, 5.74) is 7.66. The number of nitrogens with zero attached hydrogens (tertiary/aromatic N) is 1. The number of likely N-dealkylation sites (N-methyl/N-ethyl adjacent to an activating group) is 1. The summed E-state index contributed by atoms with van der Waals surface area (Å²) in [5, 5.41) is 0. The van der Waals surface area contributed by atoms with Crippen LogP contribution in [0.5, 0.6) is 0 Å². The second kappa shape index (κ2) is 3.98. The highest BCUT2D eigenvalue weighted by molar-refractivity contribution is 6.04. The number of halogens is 1. The van der Waals surface area contributed by atoms with Gasteiger partial charge in [-0.25, -0.2) is 0 Å². The summed E-state index contributed by atoms with van der Waals surface area (Å²) in [6, 6.07) is 7.21. The first-order chi connectivity index (χ1) is 6.25. The lowest BCUT2D eigenvalue weighted by molar-refractivity contribution is -0.119. The van der Waals surface area contributed by atoms with Gasteiger partial charge in [-0.1, -0.05) is 18.2 Å². The zero-order valence-electron chi connectivity index (χ0n) is 7.93. The van der Waals surface area contributed by atoms with E-state index in [4.69, 9.17) is 5.73 Å². The highest BCUT2D eigenvalue weighted by Crippen LogP contribution is 2.33. The Labute approximate surface area is 89.3 Å². The Morgan fingerprint density at radius 3 is 2.71 bits per heavy atom. The summed E-state index contributed by atoms with van der Waals surface area (Å²) in [7, 11) is 0. The molecule has 1 amide bonds. The van der Waals surface area contributed by atoms with Crippen LogP contribution in [0.4, 0.5) is 5.69 Å². The summed E-state index contributed by atoms with van der Waals surface area (Å²) in [6.45, 7) is 2.64. The fourth-order valence-electron chi connectivity index (χ4n) is 1.74. The van der Waals surface area contributed by atoms with Crippen LogP contribution >= 0.6 is 12.4 Å². The molecule has 0 aromatic heterocycles. The number of carbonyl (C=O) groups excluding carboxylic acids is 1. The molecule has 0 saturated carbocycles. The molecule has 76 valence electrons. The molecule has 0 spiro atoms. The highest BCUT2D eigenvalue weighted by Gasteiger charge is 2.32. The fourth-order valence-corrected chi connectivity index (χ4v) is 1.74. The van der Waals surface area contributed by atoms with Crippen LogP contribution in [0, 0.1) is 0 Å². The van der Waals surface area contributed by atoms with E-state index in [0.29, 0.717) is 6.54 Å². The van der Waals surface area contributed by atoms with Gasteiger partial charge in [0.1, 0.15) is 6.04 Å². The van der Waals surface area contributed by atoms with Crippen molar-refractivity contribution in [3.63, 3.8) is 0 Å². The van der Waals surface area contributed by atoms with Gasteiger partial charge in [-0.2, -0.15) is 0 Å². The van der Waals surface area contributed by atoms with Crippen LogP contribution in [0.15, 0.2) is 24.3 Å². The minimum absolute atomic E-state index is 0. The molecule has 1 aliphatic rings. The second-order valence-corrected chi connectivity index (χ2v) is 3.12. The number of carbonyl (C=O) groups is 1. The van der Waals surface area contributed by atoms with E-state index in [2.05, 4.69) is 0 Å². The third kappa shape index (κ3) is 1.38. The predicted molar refractivity (Wildman–Crippen MR) is 58.6 cm³/mol. The second-order valence-electron chi connectivity index (χ2n) is 3.12. The van der Waals surface area contributed by atoms with Gasteiger partial charge in [0.2, 0.25) is 5.91 Å². The van der Waals surface area contributed by atoms with Crippen molar-refractivity contribution in [1.29, 1.82) is 0 Å². The first-order valence-corrected chi connectivity index (χ1v) is 4.41. The summed E-state index contributed by atoms with van der Waals surface area (Å²) < 4.78 is 0. The lowest BCUT2D eigenvalue weighted by Gasteiger charge is -2.13. The first-order valence-electron chi connectivity index (χ1n) is 4.41. The average Bonchev–Trinajstić information content (AvgIpc) is 2.41. The SMILES string of the molecule is CCN1C(=O)C(N)c2ccccc21.Cl. The minimum Gasteiger partial charge on any atom is -0.316 e. The smallest absolute Gasteiger partial charge is 0.248 e. The van der Waals surface area contributed by atoms with Gasteiger partial charge in [-0.05, 0) is 13.0 Å². The van der Waals surface area contributed by atoms with E-state index in [1.807, 2.05) is 31.2 Å². The molecule has 3 nitrogen and oxygen atoms in total. The summed E-state index contributed by atoms with van der Waals surface area (Å²) in [6.07, 6.45) is 0. The number of hydrogen-bond acceptors (Lipinski definition) is 2.